The summed E-state index contributed by atoms with van der Waals surface area (Å²) in [7, 11) is 0. The molecule has 0 aromatic rings. The number of hydrogen-bond donors (Lipinski definition) is 2. The molecule has 0 bridgehead atoms. The van der Waals surface area contributed by atoms with Crippen molar-refractivity contribution in [3.8, 4) is 0 Å². The summed E-state index contributed by atoms with van der Waals surface area (Å²) in [6.07, 6.45) is 4.11. The Labute approximate surface area is 99.1 Å². The van der Waals surface area contributed by atoms with Gasteiger partial charge in [0.25, 0.3) is 0 Å². The van der Waals surface area contributed by atoms with Crippen LogP contribution in [0.15, 0.2) is 0 Å². The average molecular weight is 226 g/mol. The zero-order chi connectivity index (χ0) is 11.9. The SMILES string of the molecule is CC(C)[C@@H]1CCC2CC[C@H](C)C(O)C2C1O. The Morgan fingerprint density at radius 3 is 2.19 bits per heavy atom. The van der Waals surface area contributed by atoms with Gasteiger partial charge in [0.15, 0.2) is 0 Å². The summed E-state index contributed by atoms with van der Waals surface area (Å²) in [5.74, 6) is 1.99. The van der Waals surface area contributed by atoms with Crippen LogP contribution >= 0.6 is 0 Å². The summed E-state index contributed by atoms with van der Waals surface area (Å²) < 4.78 is 0. The Hall–Kier alpha value is -0.0800. The lowest BCUT2D eigenvalue weighted by Crippen LogP contribution is -2.51. The molecule has 2 N–H and O–H groups in total. The van der Waals surface area contributed by atoms with Crippen molar-refractivity contribution in [3.05, 3.63) is 0 Å². The Balaban J connectivity index is 2.13. The molecule has 0 aromatic carbocycles. The first-order valence-electron chi connectivity index (χ1n) is 6.88. The highest BCUT2D eigenvalue weighted by atomic mass is 16.3. The number of aliphatic hydroxyl groups is 2. The molecule has 16 heavy (non-hydrogen) atoms. The molecule has 0 heterocycles. The molecule has 0 aliphatic heterocycles. The molecule has 2 heteroatoms. The van der Waals surface area contributed by atoms with E-state index in [1.54, 1.807) is 0 Å². The zero-order valence-corrected chi connectivity index (χ0v) is 10.8. The molecule has 2 saturated carbocycles. The zero-order valence-electron chi connectivity index (χ0n) is 10.8. The van der Waals surface area contributed by atoms with Crippen LogP contribution in [-0.4, -0.2) is 22.4 Å². The molecule has 0 aromatic heterocycles. The van der Waals surface area contributed by atoms with Crippen LogP contribution in [0.2, 0.25) is 0 Å². The Morgan fingerprint density at radius 2 is 1.56 bits per heavy atom. The van der Waals surface area contributed by atoms with E-state index in [0.29, 0.717) is 23.7 Å². The number of rotatable bonds is 1. The maximum absolute atomic E-state index is 10.5. The van der Waals surface area contributed by atoms with E-state index in [9.17, 15) is 10.2 Å². The fourth-order valence-electron chi connectivity index (χ4n) is 3.91. The minimum Gasteiger partial charge on any atom is -0.392 e. The first-order chi connectivity index (χ1) is 7.52. The minimum atomic E-state index is -0.282. The van der Waals surface area contributed by atoms with Gasteiger partial charge in [-0.05, 0) is 49.4 Å². The lowest BCUT2D eigenvalue weighted by Gasteiger charge is -2.48. The van der Waals surface area contributed by atoms with Crippen LogP contribution in [-0.2, 0) is 0 Å². The van der Waals surface area contributed by atoms with Gasteiger partial charge in [-0.2, -0.15) is 0 Å². The average Bonchev–Trinajstić information content (AvgIpc) is 2.23. The molecule has 2 rings (SSSR count). The second-order valence-electron chi connectivity index (χ2n) is 6.36. The van der Waals surface area contributed by atoms with E-state index in [0.717, 1.165) is 12.8 Å². The molecule has 4 unspecified atom stereocenters. The van der Waals surface area contributed by atoms with Crippen molar-refractivity contribution >= 4 is 0 Å². The molecule has 2 fully saturated rings. The van der Waals surface area contributed by atoms with Crippen molar-refractivity contribution < 1.29 is 10.2 Å². The van der Waals surface area contributed by atoms with Crippen LogP contribution in [0.3, 0.4) is 0 Å². The molecule has 0 amide bonds. The fourth-order valence-corrected chi connectivity index (χ4v) is 3.91. The fraction of sp³-hybridized carbons (Fsp3) is 1.00. The van der Waals surface area contributed by atoms with Gasteiger partial charge in [0.05, 0.1) is 12.2 Å². The van der Waals surface area contributed by atoms with Gasteiger partial charge in [0.2, 0.25) is 0 Å². The highest BCUT2D eigenvalue weighted by molar-refractivity contribution is 4.96. The number of fused-ring (bicyclic) bond motifs is 1. The van der Waals surface area contributed by atoms with Crippen LogP contribution in [0.4, 0.5) is 0 Å². The third kappa shape index (κ3) is 2.02. The van der Waals surface area contributed by atoms with Gasteiger partial charge >= 0.3 is 0 Å². The van der Waals surface area contributed by atoms with Crippen molar-refractivity contribution in [3.63, 3.8) is 0 Å². The van der Waals surface area contributed by atoms with E-state index in [4.69, 9.17) is 0 Å². The third-order valence-electron chi connectivity index (χ3n) is 5.07. The quantitative estimate of drug-likeness (QED) is 0.721. The van der Waals surface area contributed by atoms with E-state index in [2.05, 4.69) is 20.8 Å². The van der Waals surface area contributed by atoms with Gasteiger partial charge in [-0.3, -0.25) is 0 Å². The van der Waals surface area contributed by atoms with Gasteiger partial charge < -0.3 is 10.2 Å². The van der Waals surface area contributed by atoms with Crippen molar-refractivity contribution in [1.29, 1.82) is 0 Å². The number of aliphatic hydroxyl groups excluding tert-OH is 2. The number of hydrogen-bond acceptors (Lipinski definition) is 2. The largest absolute Gasteiger partial charge is 0.392 e. The summed E-state index contributed by atoms with van der Waals surface area (Å²) in [4.78, 5) is 0. The highest BCUT2D eigenvalue weighted by Gasteiger charge is 2.46. The first kappa shape index (κ1) is 12.4. The van der Waals surface area contributed by atoms with Crippen LogP contribution in [0.5, 0.6) is 0 Å². The lowest BCUT2D eigenvalue weighted by atomic mass is 9.60. The predicted molar refractivity (Wildman–Crippen MR) is 65.0 cm³/mol. The minimum absolute atomic E-state index is 0.143. The maximum atomic E-state index is 10.5. The summed E-state index contributed by atoms with van der Waals surface area (Å²) in [6, 6.07) is 0. The van der Waals surface area contributed by atoms with E-state index in [-0.39, 0.29) is 18.1 Å². The first-order valence-corrected chi connectivity index (χ1v) is 6.88. The summed E-state index contributed by atoms with van der Waals surface area (Å²) in [6.45, 7) is 6.49. The van der Waals surface area contributed by atoms with Crippen LogP contribution in [0, 0.1) is 29.6 Å². The van der Waals surface area contributed by atoms with E-state index >= 15 is 0 Å². The Morgan fingerprint density at radius 1 is 0.938 bits per heavy atom. The topological polar surface area (TPSA) is 40.5 Å². The van der Waals surface area contributed by atoms with Gasteiger partial charge in [-0.15, -0.1) is 0 Å². The predicted octanol–water partition coefficient (Wildman–Crippen LogP) is 2.44. The molecule has 2 nitrogen and oxygen atoms in total. The van der Waals surface area contributed by atoms with Crippen molar-refractivity contribution in [2.75, 3.05) is 0 Å². The van der Waals surface area contributed by atoms with Crippen molar-refractivity contribution in [2.24, 2.45) is 29.6 Å². The van der Waals surface area contributed by atoms with Gasteiger partial charge in [-0.1, -0.05) is 20.8 Å². The smallest absolute Gasteiger partial charge is 0.0626 e. The molecule has 2 aliphatic rings. The summed E-state index contributed by atoms with van der Waals surface area (Å²) in [5, 5.41) is 20.7. The molecular formula is C14H26O2. The monoisotopic (exact) mass is 226 g/mol. The van der Waals surface area contributed by atoms with Crippen LogP contribution in [0.1, 0.15) is 46.5 Å². The van der Waals surface area contributed by atoms with E-state index in [1.165, 1.54) is 12.8 Å². The lowest BCUT2D eigenvalue weighted by molar-refractivity contribution is -0.120. The third-order valence-corrected chi connectivity index (χ3v) is 5.07. The Bertz CT molecular complexity index is 237. The van der Waals surface area contributed by atoms with Crippen LogP contribution < -0.4 is 0 Å². The Kier molecular flexibility index (Phi) is 3.60. The van der Waals surface area contributed by atoms with Gasteiger partial charge in [0, 0.05) is 5.92 Å². The van der Waals surface area contributed by atoms with E-state index < -0.39 is 0 Å². The molecule has 6 atom stereocenters. The van der Waals surface area contributed by atoms with Gasteiger partial charge in [-0.25, -0.2) is 0 Å². The summed E-state index contributed by atoms with van der Waals surface area (Å²) >= 11 is 0. The second-order valence-corrected chi connectivity index (χ2v) is 6.36. The van der Waals surface area contributed by atoms with E-state index in [1.807, 2.05) is 0 Å². The molecule has 0 spiro atoms. The molecule has 94 valence electrons. The van der Waals surface area contributed by atoms with Gasteiger partial charge in [0.1, 0.15) is 0 Å². The van der Waals surface area contributed by atoms with Crippen LogP contribution in [0.25, 0.3) is 0 Å². The van der Waals surface area contributed by atoms with Crippen molar-refractivity contribution in [1.82, 2.24) is 0 Å². The molecular weight excluding hydrogens is 200 g/mol. The molecule has 0 saturated heterocycles. The standard InChI is InChI=1S/C14H26O2/c1-8(2)11-7-6-10-5-4-9(3)13(15)12(10)14(11)16/h8-16H,4-7H2,1-3H3/t9-,10?,11-,12?,13?,14?/m0/s1. The second kappa shape index (κ2) is 4.66. The molecule has 2 aliphatic carbocycles. The maximum Gasteiger partial charge on any atom is 0.0626 e. The summed E-state index contributed by atoms with van der Waals surface area (Å²) in [5.41, 5.74) is 0. The molecule has 0 radical (unpaired) electrons. The normalized spacial score (nSPS) is 49.1. The van der Waals surface area contributed by atoms with Crippen molar-refractivity contribution in [2.45, 2.75) is 58.7 Å². The highest BCUT2D eigenvalue weighted by Crippen LogP contribution is 2.46.